The molecule has 0 unspecified atom stereocenters. The number of anilines is 2. The molecule has 1 aromatic carbocycles. The van der Waals surface area contributed by atoms with Gasteiger partial charge in [-0.1, -0.05) is 30.0 Å². The summed E-state index contributed by atoms with van der Waals surface area (Å²) in [5.74, 6) is 0.720. The summed E-state index contributed by atoms with van der Waals surface area (Å²) >= 11 is 2.70. The Morgan fingerprint density at radius 2 is 2.00 bits per heavy atom. The summed E-state index contributed by atoms with van der Waals surface area (Å²) in [6.45, 7) is 6.20. The van der Waals surface area contributed by atoms with Crippen LogP contribution in [0.15, 0.2) is 28.6 Å². The molecular weight excluding hydrogens is 396 g/mol. The quantitative estimate of drug-likeness (QED) is 0.488. The van der Waals surface area contributed by atoms with Crippen LogP contribution in [0.25, 0.3) is 0 Å². The molecule has 1 fully saturated rings. The van der Waals surface area contributed by atoms with Crippen LogP contribution in [0.2, 0.25) is 0 Å². The van der Waals surface area contributed by atoms with E-state index < -0.39 is 0 Å². The third-order valence-corrected chi connectivity index (χ3v) is 6.27. The number of hydrogen-bond acceptors (Lipinski definition) is 7. The van der Waals surface area contributed by atoms with Crippen LogP contribution in [0.5, 0.6) is 5.75 Å². The minimum Gasteiger partial charge on any atom is -0.494 e. The van der Waals surface area contributed by atoms with E-state index in [4.69, 9.17) is 4.74 Å². The van der Waals surface area contributed by atoms with Gasteiger partial charge in [-0.2, -0.15) is 0 Å². The maximum atomic E-state index is 12.5. The molecule has 9 heteroatoms. The Balaban J connectivity index is 1.58. The van der Waals surface area contributed by atoms with Crippen LogP contribution >= 0.6 is 23.1 Å². The number of benzene rings is 1. The highest BCUT2D eigenvalue weighted by atomic mass is 32.2. The number of aromatic nitrogens is 2. The third kappa shape index (κ3) is 5.23. The number of nitrogens with zero attached hydrogens (tertiary/aromatic N) is 3. The molecule has 28 heavy (non-hydrogen) atoms. The summed E-state index contributed by atoms with van der Waals surface area (Å²) in [5, 5.41) is 11.5. The monoisotopic (exact) mass is 420 g/mol. The summed E-state index contributed by atoms with van der Waals surface area (Å²) in [6.07, 6.45) is 2.46. The number of nitrogens with one attached hydrogen (secondary N) is 1. The summed E-state index contributed by atoms with van der Waals surface area (Å²) in [7, 11) is 0. The first-order chi connectivity index (χ1) is 13.5. The van der Waals surface area contributed by atoms with Crippen molar-refractivity contribution in [1.29, 1.82) is 0 Å². The van der Waals surface area contributed by atoms with Gasteiger partial charge in [-0.25, -0.2) is 0 Å². The minimum atomic E-state index is -0.344. The van der Waals surface area contributed by atoms with Crippen LogP contribution in [-0.4, -0.2) is 39.9 Å². The molecule has 2 aromatic rings. The maximum Gasteiger partial charge on any atom is 0.237 e. The molecule has 1 saturated carbocycles. The molecule has 7 nitrogen and oxygen atoms in total. The highest BCUT2D eigenvalue weighted by Gasteiger charge is 2.35. The highest BCUT2D eigenvalue weighted by Crippen LogP contribution is 2.37. The van der Waals surface area contributed by atoms with Crippen molar-refractivity contribution in [2.75, 3.05) is 16.8 Å². The third-order valence-electron chi connectivity index (χ3n) is 4.16. The smallest absolute Gasteiger partial charge is 0.237 e. The van der Waals surface area contributed by atoms with Gasteiger partial charge < -0.3 is 10.1 Å². The molecule has 1 atom stereocenters. The lowest BCUT2D eigenvalue weighted by Crippen LogP contribution is -2.32. The average Bonchev–Trinajstić information content (AvgIpc) is 3.42. The lowest BCUT2D eigenvalue weighted by atomic mass is 10.3. The zero-order chi connectivity index (χ0) is 20.1. The van der Waals surface area contributed by atoms with Crippen molar-refractivity contribution in [2.45, 2.75) is 55.7 Å². The number of carbonyl (C=O) groups is 2. The fourth-order valence-electron chi connectivity index (χ4n) is 2.57. The van der Waals surface area contributed by atoms with Gasteiger partial charge in [-0.15, -0.1) is 10.2 Å². The number of hydrogen-bond donors (Lipinski definition) is 1. The van der Waals surface area contributed by atoms with Crippen LogP contribution in [0.3, 0.4) is 0 Å². The van der Waals surface area contributed by atoms with Gasteiger partial charge in [0.1, 0.15) is 5.75 Å². The molecule has 0 aliphatic heterocycles. The summed E-state index contributed by atoms with van der Waals surface area (Å²) in [5.41, 5.74) is 0.715. The van der Waals surface area contributed by atoms with E-state index in [0.29, 0.717) is 28.2 Å². The van der Waals surface area contributed by atoms with E-state index in [2.05, 4.69) is 15.5 Å². The molecular formula is C19H24N4O3S2. The molecule has 1 aliphatic carbocycles. The molecule has 2 amide bonds. The first-order valence-corrected chi connectivity index (χ1v) is 11.1. The Bertz CT molecular complexity index is 821. The fourth-order valence-corrected chi connectivity index (χ4v) is 4.64. The molecule has 150 valence electrons. The van der Waals surface area contributed by atoms with Gasteiger partial charge in [0, 0.05) is 18.2 Å². The van der Waals surface area contributed by atoms with Crippen LogP contribution in [0, 0.1) is 0 Å². The van der Waals surface area contributed by atoms with E-state index in [1.807, 2.05) is 45.0 Å². The molecule has 0 radical (unpaired) electrons. The molecule has 1 heterocycles. The van der Waals surface area contributed by atoms with Gasteiger partial charge >= 0.3 is 0 Å². The van der Waals surface area contributed by atoms with E-state index in [1.54, 1.807) is 4.90 Å². The van der Waals surface area contributed by atoms with Crippen molar-refractivity contribution >= 4 is 45.7 Å². The fraction of sp³-hybridized carbons (Fsp3) is 0.474. The van der Waals surface area contributed by atoms with Crippen LogP contribution in [0.4, 0.5) is 10.8 Å². The van der Waals surface area contributed by atoms with Gasteiger partial charge in [-0.3, -0.25) is 14.5 Å². The van der Waals surface area contributed by atoms with E-state index in [1.165, 1.54) is 23.1 Å². The Labute approximate surface area is 172 Å². The molecule has 1 aromatic heterocycles. The largest absolute Gasteiger partial charge is 0.494 e. The molecule has 0 spiro atoms. The summed E-state index contributed by atoms with van der Waals surface area (Å²) in [4.78, 5) is 26.4. The second-order valence-corrected chi connectivity index (χ2v) is 8.95. The molecule has 0 saturated heterocycles. The number of thioether (sulfide) groups is 1. The van der Waals surface area contributed by atoms with Crippen LogP contribution < -0.4 is 15.0 Å². The van der Waals surface area contributed by atoms with Gasteiger partial charge in [0.05, 0.1) is 11.9 Å². The van der Waals surface area contributed by atoms with E-state index in [-0.39, 0.29) is 23.1 Å². The predicted octanol–water partition coefficient (Wildman–Crippen LogP) is 3.96. The van der Waals surface area contributed by atoms with E-state index in [9.17, 15) is 9.59 Å². The van der Waals surface area contributed by atoms with Crippen LogP contribution in [0.1, 0.15) is 40.0 Å². The van der Waals surface area contributed by atoms with Gasteiger partial charge in [-0.05, 0) is 51.0 Å². The number of ether oxygens (including phenoxy) is 1. The van der Waals surface area contributed by atoms with Crippen molar-refractivity contribution in [3.8, 4) is 5.75 Å². The van der Waals surface area contributed by atoms with Crippen LogP contribution in [-0.2, 0) is 9.59 Å². The van der Waals surface area contributed by atoms with Crippen molar-refractivity contribution in [2.24, 2.45) is 0 Å². The normalized spacial score (nSPS) is 14.4. The first kappa shape index (κ1) is 20.6. The minimum absolute atomic E-state index is 0.0662. The SMILES string of the molecule is CCOc1ccc(NC(=O)[C@@H](C)Sc2nnc(N(C(=O)CC)C3CC3)s2)cc1. The number of amides is 2. The lowest BCUT2D eigenvalue weighted by Gasteiger charge is -2.17. The summed E-state index contributed by atoms with van der Waals surface area (Å²) < 4.78 is 6.08. The van der Waals surface area contributed by atoms with Gasteiger partial charge in [0.25, 0.3) is 0 Å². The Kier molecular flexibility index (Phi) is 6.90. The number of carbonyl (C=O) groups excluding carboxylic acids is 2. The van der Waals surface area contributed by atoms with E-state index in [0.717, 1.165) is 18.6 Å². The standard InChI is InChI=1S/C19H24N4O3S2/c1-4-16(24)23(14-8-9-14)18-21-22-19(28-18)27-12(3)17(25)20-13-6-10-15(11-7-13)26-5-2/h6-7,10-12,14H,4-5,8-9H2,1-3H3,(H,20,25)/t12-/m1/s1. The van der Waals surface area contributed by atoms with Crippen molar-refractivity contribution < 1.29 is 14.3 Å². The van der Waals surface area contributed by atoms with Crippen molar-refractivity contribution in [3.05, 3.63) is 24.3 Å². The molecule has 1 N–H and O–H groups in total. The first-order valence-electron chi connectivity index (χ1n) is 9.37. The average molecular weight is 421 g/mol. The zero-order valence-corrected chi connectivity index (χ0v) is 17.8. The molecule has 1 aliphatic rings. The Morgan fingerprint density at radius 1 is 1.29 bits per heavy atom. The topological polar surface area (TPSA) is 84.4 Å². The molecule has 0 bridgehead atoms. The summed E-state index contributed by atoms with van der Waals surface area (Å²) in [6, 6.07) is 7.52. The zero-order valence-electron chi connectivity index (χ0n) is 16.2. The van der Waals surface area contributed by atoms with Gasteiger partial charge in [0.15, 0.2) is 4.34 Å². The van der Waals surface area contributed by atoms with E-state index >= 15 is 0 Å². The predicted molar refractivity (Wildman–Crippen MR) is 112 cm³/mol. The lowest BCUT2D eigenvalue weighted by molar-refractivity contribution is -0.118. The maximum absolute atomic E-state index is 12.5. The Hall–Kier alpha value is -2.13. The van der Waals surface area contributed by atoms with Crippen molar-refractivity contribution in [1.82, 2.24) is 10.2 Å². The second kappa shape index (κ2) is 9.38. The van der Waals surface area contributed by atoms with Crippen molar-refractivity contribution in [3.63, 3.8) is 0 Å². The van der Waals surface area contributed by atoms with Gasteiger partial charge in [0.2, 0.25) is 16.9 Å². The number of rotatable bonds is 9. The molecule has 3 rings (SSSR count). The Morgan fingerprint density at radius 3 is 2.61 bits per heavy atom. The highest BCUT2D eigenvalue weighted by molar-refractivity contribution is 8.02. The second-order valence-electron chi connectivity index (χ2n) is 6.41.